The van der Waals surface area contributed by atoms with Gasteiger partial charge in [0.15, 0.2) is 0 Å². The molecule has 0 spiro atoms. The van der Waals surface area contributed by atoms with Crippen LogP contribution in [0.2, 0.25) is 0 Å². The van der Waals surface area contributed by atoms with Crippen molar-refractivity contribution < 1.29 is 9.53 Å². The number of piperidine rings is 1. The zero-order chi connectivity index (χ0) is 19.8. The van der Waals surface area contributed by atoms with E-state index in [-0.39, 0.29) is 29.4 Å². The minimum Gasteiger partial charge on any atom is -0.381 e. The number of rotatable bonds is 3. The average Bonchev–Trinajstić information content (AvgIpc) is 3.01. The smallest absolute Gasteiger partial charge is 0.259 e. The summed E-state index contributed by atoms with van der Waals surface area (Å²) in [6, 6.07) is 0. The van der Waals surface area contributed by atoms with Gasteiger partial charge in [-0.15, -0.1) is 11.3 Å². The monoisotopic (exact) mass is 403 g/mol. The fraction of sp³-hybridized carbons (Fsp3) is 0.667. The number of nitrogens with one attached hydrogen (secondary N) is 1. The molecule has 1 amide bonds. The number of carbonyl (C=O) groups is 1. The maximum atomic E-state index is 13.1. The molecule has 0 radical (unpaired) electrons. The summed E-state index contributed by atoms with van der Waals surface area (Å²) < 4.78 is 5.50. The van der Waals surface area contributed by atoms with E-state index in [4.69, 9.17) is 9.72 Å². The number of likely N-dealkylation sites (tertiary alicyclic amines) is 1. The molecule has 3 atom stereocenters. The van der Waals surface area contributed by atoms with E-state index in [1.807, 2.05) is 18.7 Å². The van der Waals surface area contributed by atoms with Crippen LogP contribution in [0.1, 0.15) is 60.7 Å². The van der Waals surface area contributed by atoms with Crippen LogP contribution in [-0.4, -0.2) is 47.1 Å². The van der Waals surface area contributed by atoms with Gasteiger partial charge in [-0.25, -0.2) is 4.98 Å². The molecule has 1 saturated carbocycles. The highest BCUT2D eigenvalue weighted by molar-refractivity contribution is 7.18. The Morgan fingerprint density at radius 2 is 2.07 bits per heavy atom. The molecule has 1 saturated heterocycles. The predicted molar refractivity (Wildman–Crippen MR) is 111 cm³/mol. The van der Waals surface area contributed by atoms with Crippen molar-refractivity contribution in [3.63, 3.8) is 0 Å². The number of H-pyrrole nitrogens is 1. The van der Waals surface area contributed by atoms with Crippen LogP contribution in [-0.2, 0) is 9.53 Å². The molecule has 3 unspecified atom stereocenters. The van der Waals surface area contributed by atoms with Gasteiger partial charge in [0.2, 0.25) is 5.91 Å². The Labute approximate surface area is 169 Å². The first-order valence-electron chi connectivity index (χ1n) is 10.3. The van der Waals surface area contributed by atoms with E-state index in [1.165, 1.54) is 0 Å². The lowest BCUT2D eigenvalue weighted by Gasteiger charge is -2.36. The molecular formula is C21H29N3O3S. The second kappa shape index (κ2) is 7.95. The molecule has 2 fully saturated rings. The molecule has 2 aliphatic rings. The third-order valence-corrected chi connectivity index (χ3v) is 7.59. The minimum absolute atomic E-state index is 0.0551. The van der Waals surface area contributed by atoms with E-state index in [2.05, 4.69) is 4.98 Å². The van der Waals surface area contributed by atoms with Crippen LogP contribution in [0.3, 0.4) is 0 Å². The molecule has 0 bridgehead atoms. The number of carbonyl (C=O) groups excluding carboxylic acids is 1. The number of nitrogens with zero attached hydrogens (tertiary/aromatic N) is 2. The summed E-state index contributed by atoms with van der Waals surface area (Å²) in [4.78, 5) is 37.5. The maximum absolute atomic E-state index is 13.1. The highest BCUT2D eigenvalue weighted by Crippen LogP contribution is 2.32. The number of aromatic amines is 1. The first-order chi connectivity index (χ1) is 13.5. The second-order valence-electron chi connectivity index (χ2n) is 8.26. The lowest BCUT2D eigenvalue weighted by atomic mass is 9.85. The highest BCUT2D eigenvalue weighted by Gasteiger charge is 2.33. The number of hydrogen-bond acceptors (Lipinski definition) is 5. The van der Waals surface area contributed by atoms with Crippen LogP contribution in [0, 0.1) is 19.8 Å². The average molecular weight is 404 g/mol. The van der Waals surface area contributed by atoms with Crippen molar-refractivity contribution in [3.8, 4) is 0 Å². The number of methoxy groups -OCH3 is 1. The zero-order valence-corrected chi connectivity index (χ0v) is 17.7. The maximum Gasteiger partial charge on any atom is 0.259 e. The lowest BCUT2D eigenvalue weighted by Crippen LogP contribution is -2.44. The third kappa shape index (κ3) is 3.62. The molecule has 1 aliphatic heterocycles. The van der Waals surface area contributed by atoms with Crippen molar-refractivity contribution in [1.82, 2.24) is 14.9 Å². The Kier molecular flexibility index (Phi) is 5.56. The van der Waals surface area contributed by atoms with Crippen molar-refractivity contribution in [2.24, 2.45) is 5.92 Å². The normalized spacial score (nSPS) is 26.0. The summed E-state index contributed by atoms with van der Waals surface area (Å²) in [7, 11) is 1.74. The summed E-state index contributed by atoms with van der Waals surface area (Å²) in [5, 5.41) is 0.711. The molecule has 6 nitrogen and oxygen atoms in total. The van der Waals surface area contributed by atoms with Crippen molar-refractivity contribution in [2.75, 3.05) is 20.2 Å². The molecule has 2 aromatic rings. The SMILES string of the molecule is COC1CCCC(C(=O)N2CCCC(c3nc4sc(C)c(C)c4c(=O)[nH]3)C2)C1. The topological polar surface area (TPSA) is 75.3 Å². The van der Waals surface area contributed by atoms with Crippen molar-refractivity contribution in [3.05, 3.63) is 26.6 Å². The summed E-state index contributed by atoms with van der Waals surface area (Å²) in [5.41, 5.74) is 0.964. The molecular weight excluding hydrogens is 374 g/mol. The molecule has 1 aliphatic carbocycles. The number of hydrogen-bond donors (Lipinski definition) is 1. The number of aryl methyl sites for hydroxylation is 2. The molecule has 7 heteroatoms. The van der Waals surface area contributed by atoms with Crippen molar-refractivity contribution >= 4 is 27.5 Å². The van der Waals surface area contributed by atoms with Gasteiger partial charge >= 0.3 is 0 Å². The van der Waals surface area contributed by atoms with Gasteiger partial charge in [0.25, 0.3) is 5.56 Å². The predicted octanol–water partition coefficient (Wildman–Crippen LogP) is 3.51. The Balaban J connectivity index is 1.53. The third-order valence-electron chi connectivity index (χ3n) is 6.49. The highest BCUT2D eigenvalue weighted by atomic mass is 32.1. The van der Waals surface area contributed by atoms with Gasteiger partial charge in [-0.1, -0.05) is 6.42 Å². The molecule has 4 rings (SSSR count). The van der Waals surface area contributed by atoms with Gasteiger partial charge in [0.1, 0.15) is 10.7 Å². The molecule has 1 N–H and O–H groups in total. The number of ether oxygens (including phenoxy) is 1. The van der Waals surface area contributed by atoms with Crippen LogP contribution in [0.15, 0.2) is 4.79 Å². The van der Waals surface area contributed by atoms with E-state index < -0.39 is 0 Å². The number of thiophene rings is 1. The molecule has 2 aromatic heterocycles. The Bertz CT molecular complexity index is 935. The summed E-state index contributed by atoms with van der Waals surface area (Å²) in [6.07, 6.45) is 5.98. The van der Waals surface area contributed by atoms with Crippen LogP contribution < -0.4 is 5.56 Å². The lowest BCUT2D eigenvalue weighted by molar-refractivity contribution is -0.139. The first kappa shape index (κ1) is 19.6. The van der Waals surface area contributed by atoms with Gasteiger partial charge in [0, 0.05) is 36.9 Å². The quantitative estimate of drug-likeness (QED) is 0.851. The van der Waals surface area contributed by atoms with E-state index in [0.29, 0.717) is 11.9 Å². The summed E-state index contributed by atoms with van der Waals surface area (Å²) in [5.74, 6) is 1.14. The standard InChI is InChI=1S/C21H29N3O3S/c1-12-13(2)28-20-17(12)19(25)22-18(23-20)15-7-5-9-24(11-15)21(26)14-6-4-8-16(10-14)27-3/h14-16H,4-11H2,1-3H3,(H,22,23,25). The van der Waals surface area contributed by atoms with Crippen LogP contribution in [0.5, 0.6) is 0 Å². The van der Waals surface area contributed by atoms with E-state index in [1.54, 1.807) is 18.4 Å². The molecule has 28 heavy (non-hydrogen) atoms. The van der Waals surface area contributed by atoms with Gasteiger partial charge in [-0.05, 0) is 51.5 Å². The molecule has 3 heterocycles. The van der Waals surface area contributed by atoms with Crippen molar-refractivity contribution in [1.29, 1.82) is 0 Å². The summed E-state index contributed by atoms with van der Waals surface area (Å²) in [6.45, 7) is 5.44. The van der Waals surface area contributed by atoms with E-state index in [0.717, 1.165) is 66.2 Å². The van der Waals surface area contributed by atoms with Gasteiger partial charge in [-0.2, -0.15) is 0 Å². The van der Waals surface area contributed by atoms with E-state index in [9.17, 15) is 9.59 Å². The number of aromatic nitrogens is 2. The Morgan fingerprint density at radius 3 is 2.86 bits per heavy atom. The Morgan fingerprint density at radius 1 is 1.25 bits per heavy atom. The van der Waals surface area contributed by atoms with Crippen LogP contribution >= 0.6 is 11.3 Å². The first-order valence-corrected chi connectivity index (χ1v) is 11.1. The van der Waals surface area contributed by atoms with Gasteiger partial charge < -0.3 is 14.6 Å². The Hall–Kier alpha value is -1.73. The minimum atomic E-state index is -0.0551. The van der Waals surface area contributed by atoms with Gasteiger partial charge in [-0.3, -0.25) is 9.59 Å². The number of fused-ring (bicyclic) bond motifs is 1. The molecule has 152 valence electrons. The summed E-state index contributed by atoms with van der Waals surface area (Å²) >= 11 is 1.58. The molecule has 0 aromatic carbocycles. The van der Waals surface area contributed by atoms with E-state index >= 15 is 0 Å². The largest absolute Gasteiger partial charge is 0.381 e. The van der Waals surface area contributed by atoms with Crippen LogP contribution in [0.25, 0.3) is 10.2 Å². The van der Waals surface area contributed by atoms with Crippen molar-refractivity contribution in [2.45, 2.75) is 64.4 Å². The van der Waals surface area contributed by atoms with Crippen LogP contribution in [0.4, 0.5) is 0 Å². The zero-order valence-electron chi connectivity index (χ0n) is 16.9. The number of amides is 1. The fourth-order valence-corrected chi connectivity index (χ4v) is 5.74. The fourth-order valence-electron chi connectivity index (χ4n) is 4.71. The second-order valence-corrected chi connectivity index (χ2v) is 9.46. The van der Waals surface area contributed by atoms with Gasteiger partial charge in [0.05, 0.1) is 11.5 Å².